The lowest BCUT2D eigenvalue weighted by Gasteiger charge is -2.31. The number of hydrogen-bond donors (Lipinski definition) is 3. The first-order valence-electron chi connectivity index (χ1n) is 9.26. The number of para-hydroxylation sites is 2. The molecular weight excluding hydrogens is 360 g/mol. The van der Waals surface area contributed by atoms with Gasteiger partial charge in [0.05, 0.1) is 24.2 Å². The monoisotopic (exact) mass is 384 g/mol. The van der Waals surface area contributed by atoms with Crippen LogP contribution in [0.3, 0.4) is 0 Å². The van der Waals surface area contributed by atoms with E-state index in [-0.39, 0.29) is 30.8 Å². The van der Waals surface area contributed by atoms with Crippen molar-refractivity contribution in [3.05, 3.63) is 48.4 Å². The van der Waals surface area contributed by atoms with Crippen LogP contribution in [-0.2, 0) is 16.1 Å². The van der Waals surface area contributed by atoms with Crippen molar-refractivity contribution in [1.82, 2.24) is 10.6 Å². The molecule has 0 fully saturated rings. The van der Waals surface area contributed by atoms with Gasteiger partial charge in [0, 0.05) is 0 Å². The zero-order chi connectivity index (χ0) is 20.1. The predicted octanol–water partition coefficient (Wildman–Crippen LogP) is 2.48. The van der Waals surface area contributed by atoms with Crippen molar-refractivity contribution in [3.8, 4) is 0 Å². The summed E-state index contributed by atoms with van der Waals surface area (Å²) in [5.41, 5.74) is 1.16. The molecule has 28 heavy (non-hydrogen) atoms. The van der Waals surface area contributed by atoms with Gasteiger partial charge in [0.15, 0.2) is 0 Å². The summed E-state index contributed by atoms with van der Waals surface area (Å²) in [5, 5.41) is 8.32. The SMILES string of the molecule is CC[C@@H](C)[C@@H](NC(=O)N1CC(=O)Nc2ccccc21)C(=O)NCc1ccco1. The average molecular weight is 384 g/mol. The normalized spacial score (nSPS) is 15.2. The number of benzene rings is 1. The quantitative estimate of drug-likeness (QED) is 0.712. The number of carbonyl (C=O) groups is 3. The zero-order valence-electron chi connectivity index (χ0n) is 15.9. The van der Waals surface area contributed by atoms with Crippen LogP contribution in [-0.4, -0.2) is 30.4 Å². The van der Waals surface area contributed by atoms with E-state index in [9.17, 15) is 14.4 Å². The third-order valence-corrected chi connectivity index (χ3v) is 4.81. The molecule has 3 rings (SSSR count). The van der Waals surface area contributed by atoms with Gasteiger partial charge in [-0.3, -0.25) is 14.5 Å². The maximum Gasteiger partial charge on any atom is 0.323 e. The Labute approximate surface area is 163 Å². The Morgan fingerprint density at radius 3 is 2.75 bits per heavy atom. The first-order chi connectivity index (χ1) is 13.5. The summed E-state index contributed by atoms with van der Waals surface area (Å²) < 4.78 is 5.22. The minimum Gasteiger partial charge on any atom is -0.467 e. The number of carbonyl (C=O) groups excluding carboxylic acids is 3. The minimum absolute atomic E-state index is 0.0885. The molecule has 2 heterocycles. The molecule has 0 saturated heterocycles. The Morgan fingerprint density at radius 2 is 2.04 bits per heavy atom. The van der Waals surface area contributed by atoms with Crippen molar-refractivity contribution in [3.63, 3.8) is 0 Å². The van der Waals surface area contributed by atoms with E-state index in [4.69, 9.17) is 4.42 Å². The largest absolute Gasteiger partial charge is 0.467 e. The van der Waals surface area contributed by atoms with Gasteiger partial charge >= 0.3 is 6.03 Å². The van der Waals surface area contributed by atoms with Gasteiger partial charge in [-0.05, 0) is 30.2 Å². The van der Waals surface area contributed by atoms with Crippen LogP contribution in [0.15, 0.2) is 47.1 Å². The molecule has 0 radical (unpaired) electrons. The van der Waals surface area contributed by atoms with Gasteiger partial charge in [0.2, 0.25) is 11.8 Å². The van der Waals surface area contributed by atoms with Gasteiger partial charge in [0.25, 0.3) is 0 Å². The first-order valence-corrected chi connectivity index (χ1v) is 9.26. The van der Waals surface area contributed by atoms with E-state index in [1.165, 1.54) is 11.2 Å². The summed E-state index contributed by atoms with van der Waals surface area (Å²) in [6, 6.07) is 9.35. The summed E-state index contributed by atoms with van der Waals surface area (Å²) in [6.07, 6.45) is 2.24. The predicted molar refractivity (Wildman–Crippen MR) is 105 cm³/mol. The Kier molecular flexibility index (Phi) is 5.98. The van der Waals surface area contributed by atoms with Crippen LogP contribution in [0.1, 0.15) is 26.0 Å². The summed E-state index contributed by atoms with van der Waals surface area (Å²) in [7, 11) is 0. The molecule has 2 aromatic rings. The molecule has 0 unspecified atom stereocenters. The van der Waals surface area contributed by atoms with E-state index in [0.717, 1.165) is 0 Å². The fourth-order valence-electron chi connectivity index (χ4n) is 3.02. The van der Waals surface area contributed by atoms with Crippen molar-refractivity contribution >= 4 is 29.2 Å². The minimum atomic E-state index is -0.732. The number of furan rings is 1. The standard InChI is InChI=1S/C20H24N4O4/c1-3-13(2)18(19(26)21-11-14-7-6-10-28-14)23-20(27)24-12-17(25)22-15-8-4-5-9-16(15)24/h4-10,13,18H,3,11-12H2,1-2H3,(H,21,26)(H,22,25)(H,23,27)/t13-,18-/m1/s1. The molecule has 4 amide bonds. The third kappa shape index (κ3) is 4.33. The smallest absolute Gasteiger partial charge is 0.323 e. The second-order valence-electron chi connectivity index (χ2n) is 6.76. The number of nitrogens with one attached hydrogen (secondary N) is 3. The van der Waals surface area contributed by atoms with Crippen LogP contribution in [0.2, 0.25) is 0 Å². The highest BCUT2D eigenvalue weighted by Gasteiger charge is 2.31. The van der Waals surface area contributed by atoms with Crippen LogP contribution >= 0.6 is 0 Å². The zero-order valence-corrected chi connectivity index (χ0v) is 15.9. The number of amides is 4. The average Bonchev–Trinajstić information content (AvgIpc) is 3.22. The number of rotatable bonds is 6. The topological polar surface area (TPSA) is 104 Å². The molecule has 0 aliphatic carbocycles. The second-order valence-corrected chi connectivity index (χ2v) is 6.76. The molecular formula is C20H24N4O4. The Bertz CT molecular complexity index is 850. The molecule has 8 heteroatoms. The number of anilines is 2. The van der Waals surface area contributed by atoms with E-state index in [1.54, 1.807) is 36.4 Å². The van der Waals surface area contributed by atoms with Crippen LogP contribution in [0, 0.1) is 5.92 Å². The van der Waals surface area contributed by atoms with Gasteiger partial charge in [-0.25, -0.2) is 4.79 Å². The van der Waals surface area contributed by atoms with Crippen molar-refractivity contribution in [1.29, 1.82) is 0 Å². The van der Waals surface area contributed by atoms with Crippen LogP contribution in [0.5, 0.6) is 0 Å². The molecule has 148 valence electrons. The first kappa shape index (κ1) is 19.5. The highest BCUT2D eigenvalue weighted by atomic mass is 16.3. The van der Waals surface area contributed by atoms with E-state index in [0.29, 0.717) is 23.6 Å². The van der Waals surface area contributed by atoms with Gasteiger partial charge < -0.3 is 20.4 Å². The molecule has 3 N–H and O–H groups in total. The van der Waals surface area contributed by atoms with Crippen LogP contribution in [0.4, 0.5) is 16.2 Å². The van der Waals surface area contributed by atoms with Gasteiger partial charge in [0.1, 0.15) is 18.3 Å². The van der Waals surface area contributed by atoms with Crippen LogP contribution in [0.25, 0.3) is 0 Å². The highest BCUT2D eigenvalue weighted by molar-refractivity contribution is 6.10. The van der Waals surface area contributed by atoms with E-state index in [1.807, 2.05) is 13.8 Å². The molecule has 8 nitrogen and oxygen atoms in total. The maximum atomic E-state index is 12.9. The Balaban J connectivity index is 1.72. The molecule has 1 aliphatic heterocycles. The summed E-state index contributed by atoms with van der Waals surface area (Å²) in [5.74, 6) is -0.0383. The lowest BCUT2D eigenvalue weighted by molar-refractivity contribution is -0.124. The van der Waals surface area contributed by atoms with Crippen molar-refractivity contribution in [2.45, 2.75) is 32.9 Å². The van der Waals surface area contributed by atoms with Gasteiger partial charge in [-0.1, -0.05) is 32.4 Å². The second kappa shape index (κ2) is 8.60. The number of fused-ring (bicyclic) bond motifs is 1. The Hall–Kier alpha value is -3.29. The number of nitrogens with zero attached hydrogens (tertiary/aromatic N) is 1. The summed E-state index contributed by atoms with van der Waals surface area (Å²) >= 11 is 0. The molecule has 0 saturated carbocycles. The molecule has 0 spiro atoms. The molecule has 2 atom stereocenters. The fraction of sp³-hybridized carbons (Fsp3) is 0.350. The van der Waals surface area contributed by atoms with Crippen molar-refractivity contribution < 1.29 is 18.8 Å². The number of hydrogen-bond acceptors (Lipinski definition) is 4. The fourth-order valence-corrected chi connectivity index (χ4v) is 3.02. The van der Waals surface area contributed by atoms with Crippen LogP contribution < -0.4 is 20.9 Å². The summed E-state index contributed by atoms with van der Waals surface area (Å²) in [4.78, 5) is 38.9. The highest BCUT2D eigenvalue weighted by Crippen LogP contribution is 2.29. The summed E-state index contributed by atoms with van der Waals surface area (Å²) in [6.45, 7) is 3.98. The molecule has 1 aliphatic rings. The number of urea groups is 1. The van der Waals surface area contributed by atoms with Crippen molar-refractivity contribution in [2.75, 3.05) is 16.8 Å². The third-order valence-electron chi connectivity index (χ3n) is 4.81. The Morgan fingerprint density at radius 1 is 1.25 bits per heavy atom. The van der Waals surface area contributed by atoms with E-state index < -0.39 is 12.1 Å². The molecule has 0 bridgehead atoms. The molecule has 1 aromatic carbocycles. The molecule has 1 aromatic heterocycles. The lowest BCUT2D eigenvalue weighted by atomic mass is 9.98. The van der Waals surface area contributed by atoms with Gasteiger partial charge in [-0.2, -0.15) is 0 Å². The van der Waals surface area contributed by atoms with E-state index in [2.05, 4.69) is 16.0 Å². The lowest BCUT2D eigenvalue weighted by Crippen LogP contribution is -2.55. The van der Waals surface area contributed by atoms with Gasteiger partial charge in [-0.15, -0.1) is 0 Å². The maximum absolute atomic E-state index is 12.9. The van der Waals surface area contributed by atoms with Crippen molar-refractivity contribution in [2.24, 2.45) is 5.92 Å². The van der Waals surface area contributed by atoms with E-state index >= 15 is 0 Å².